The minimum Gasteiger partial charge on any atom is -0.465 e. The smallest absolute Gasteiger partial charge is 0.337 e. The van der Waals surface area contributed by atoms with E-state index in [9.17, 15) is 22.8 Å². The molecule has 0 aromatic heterocycles. The van der Waals surface area contributed by atoms with E-state index >= 15 is 0 Å². The summed E-state index contributed by atoms with van der Waals surface area (Å²) >= 11 is 0. The lowest BCUT2D eigenvalue weighted by atomic mass is 10.1. The van der Waals surface area contributed by atoms with Crippen LogP contribution in [-0.4, -0.2) is 39.6 Å². The fourth-order valence-electron chi connectivity index (χ4n) is 1.99. The van der Waals surface area contributed by atoms with Crippen molar-refractivity contribution >= 4 is 27.6 Å². The second kappa shape index (κ2) is 7.79. The highest BCUT2D eigenvalue weighted by molar-refractivity contribution is 7.90. The number of hydrogen-bond donors (Lipinski definition) is 2. The zero-order chi connectivity index (χ0) is 19.3. The van der Waals surface area contributed by atoms with Gasteiger partial charge in [0.25, 0.3) is 11.8 Å². The van der Waals surface area contributed by atoms with Crippen molar-refractivity contribution in [2.24, 2.45) is 0 Å². The first-order valence-electron chi connectivity index (χ1n) is 7.31. The van der Waals surface area contributed by atoms with E-state index in [-0.39, 0.29) is 16.0 Å². The number of ether oxygens (including phenoxy) is 1. The van der Waals surface area contributed by atoms with Crippen molar-refractivity contribution in [2.45, 2.75) is 4.90 Å². The van der Waals surface area contributed by atoms with E-state index in [1.54, 1.807) is 0 Å². The fourth-order valence-corrected chi connectivity index (χ4v) is 2.62. The third-order valence-corrected chi connectivity index (χ3v) is 4.53. The summed E-state index contributed by atoms with van der Waals surface area (Å²) in [5.41, 5.74) is 5.15. The van der Waals surface area contributed by atoms with Crippen LogP contribution in [0.2, 0.25) is 0 Å². The van der Waals surface area contributed by atoms with E-state index in [1.807, 2.05) is 0 Å². The molecular formula is C17H16N2O6S. The number of benzene rings is 2. The molecular weight excluding hydrogens is 360 g/mol. The number of carbonyl (C=O) groups excluding carboxylic acids is 3. The molecule has 2 aromatic carbocycles. The predicted octanol–water partition coefficient (Wildman–Crippen LogP) is 0.951. The van der Waals surface area contributed by atoms with Crippen LogP contribution >= 0.6 is 0 Å². The molecule has 136 valence electrons. The van der Waals surface area contributed by atoms with Crippen molar-refractivity contribution in [3.05, 3.63) is 65.2 Å². The maximum Gasteiger partial charge on any atom is 0.337 e. The molecule has 9 heteroatoms. The summed E-state index contributed by atoms with van der Waals surface area (Å²) in [4.78, 5) is 35.4. The first-order chi connectivity index (χ1) is 12.2. The van der Waals surface area contributed by atoms with Gasteiger partial charge in [-0.15, -0.1) is 0 Å². The summed E-state index contributed by atoms with van der Waals surface area (Å²) in [6.45, 7) is 0. The highest BCUT2D eigenvalue weighted by atomic mass is 32.2. The topological polar surface area (TPSA) is 119 Å². The Hall–Kier alpha value is -3.20. The molecule has 0 atom stereocenters. The molecule has 8 nitrogen and oxygen atoms in total. The molecule has 2 amide bonds. The van der Waals surface area contributed by atoms with Crippen molar-refractivity contribution in [3.63, 3.8) is 0 Å². The fraction of sp³-hybridized carbons (Fsp3) is 0.118. The Balaban J connectivity index is 1.98. The van der Waals surface area contributed by atoms with E-state index in [0.717, 1.165) is 6.26 Å². The zero-order valence-corrected chi connectivity index (χ0v) is 14.8. The lowest BCUT2D eigenvalue weighted by molar-refractivity contribution is 0.0600. The molecule has 0 saturated carbocycles. The second-order valence-electron chi connectivity index (χ2n) is 5.27. The molecule has 0 aliphatic rings. The molecule has 0 aliphatic carbocycles. The molecule has 0 fully saturated rings. The molecule has 26 heavy (non-hydrogen) atoms. The number of nitrogens with one attached hydrogen (secondary N) is 2. The number of methoxy groups -OCH3 is 1. The van der Waals surface area contributed by atoms with Gasteiger partial charge in [0.2, 0.25) is 0 Å². The van der Waals surface area contributed by atoms with Gasteiger partial charge in [-0.05, 0) is 48.5 Å². The molecule has 0 bridgehead atoms. The summed E-state index contributed by atoms with van der Waals surface area (Å²) in [6.07, 6.45) is 1.06. The number of carbonyl (C=O) groups is 3. The van der Waals surface area contributed by atoms with E-state index in [2.05, 4.69) is 15.6 Å². The van der Waals surface area contributed by atoms with Crippen LogP contribution in [0.25, 0.3) is 0 Å². The third kappa shape index (κ3) is 4.67. The van der Waals surface area contributed by atoms with Gasteiger partial charge in [0.1, 0.15) is 0 Å². The first kappa shape index (κ1) is 19.1. The number of hydrazine groups is 1. The lowest BCUT2D eigenvalue weighted by Crippen LogP contribution is -2.41. The lowest BCUT2D eigenvalue weighted by Gasteiger charge is -2.08. The van der Waals surface area contributed by atoms with Gasteiger partial charge in [-0.25, -0.2) is 13.2 Å². The van der Waals surface area contributed by atoms with Crippen LogP contribution in [0.1, 0.15) is 31.1 Å². The molecule has 0 heterocycles. The summed E-state index contributed by atoms with van der Waals surface area (Å²) < 4.78 is 27.3. The molecule has 2 N–H and O–H groups in total. The average molecular weight is 376 g/mol. The van der Waals surface area contributed by atoms with Gasteiger partial charge in [0.05, 0.1) is 17.6 Å². The van der Waals surface area contributed by atoms with Gasteiger partial charge in [-0.1, -0.05) is 0 Å². The van der Waals surface area contributed by atoms with Crippen LogP contribution in [0.3, 0.4) is 0 Å². The number of hydrogen-bond acceptors (Lipinski definition) is 6. The monoisotopic (exact) mass is 376 g/mol. The van der Waals surface area contributed by atoms with Gasteiger partial charge < -0.3 is 4.74 Å². The molecule has 2 rings (SSSR count). The Kier molecular flexibility index (Phi) is 5.73. The van der Waals surface area contributed by atoms with Crippen LogP contribution < -0.4 is 10.9 Å². The van der Waals surface area contributed by atoms with Crippen molar-refractivity contribution in [3.8, 4) is 0 Å². The third-order valence-electron chi connectivity index (χ3n) is 3.40. The van der Waals surface area contributed by atoms with Crippen LogP contribution in [0.5, 0.6) is 0 Å². The Labute approximate surface area is 150 Å². The SMILES string of the molecule is COC(=O)c1ccc(C(=O)NNC(=O)c2ccc(S(C)(=O)=O)cc2)cc1. The maximum absolute atomic E-state index is 12.0. The summed E-state index contributed by atoms with van der Waals surface area (Å²) in [6, 6.07) is 10.9. The normalized spacial score (nSPS) is 10.7. The second-order valence-corrected chi connectivity index (χ2v) is 7.29. The summed E-state index contributed by atoms with van der Waals surface area (Å²) in [7, 11) is -2.10. The number of esters is 1. The van der Waals surface area contributed by atoms with Crippen molar-refractivity contribution in [1.29, 1.82) is 0 Å². The van der Waals surface area contributed by atoms with Crippen LogP contribution in [0.15, 0.2) is 53.4 Å². The highest BCUT2D eigenvalue weighted by Crippen LogP contribution is 2.10. The van der Waals surface area contributed by atoms with Gasteiger partial charge >= 0.3 is 5.97 Å². The summed E-state index contributed by atoms with van der Waals surface area (Å²) in [5, 5.41) is 0. The predicted molar refractivity (Wildman–Crippen MR) is 92.3 cm³/mol. The minimum absolute atomic E-state index is 0.0868. The number of sulfone groups is 1. The van der Waals surface area contributed by atoms with Gasteiger partial charge in [0.15, 0.2) is 9.84 Å². The standard InChI is InChI=1S/C17H16N2O6S/c1-25-17(22)13-5-3-11(4-6-13)15(20)18-19-16(21)12-7-9-14(10-8-12)26(2,23)24/h3-10H,1-2H3,(H,18,20)(H,19,21). The van der Waals surface area contributed by atoms with Crippen LogP contribution in [0.4, 0.5) is 0 Å². The number of rotatable bonds is 4. The molecule has 0 spiro atoms. The highest BCUT2D eigenvalue weighted by Gasteiger charge is 2.12. The van der Waals surface area contributed by atoms with Gasteiger partial charge in [0, 0.05) is 17.4 Å². The van der Waals surface area contributed by atoms with Gasteiger partial charge in [-0.2, -0.15) is 0 Å². The first-order valence-corrected chi connectivity index (χ1v) is 9.20. The largest absolute Gasteiger partial charge is 0.465 e. The van der Waals surface area contributed by atoms with E-state index in [0.29, 0.717) is 5.56 Å². The number of amides is 2. The molecule has 0 unspecified atom stereocenters. The van der Waals surface area contributed by atoms with Crippen molar-refractivity contribution in [2.75, 3.05) is 13.4 Å². The Morgan fingerprint density at radius 3 is 1.54 bits per heavy atom. The van der Waals surface area contributed by atoms with E-state index in [1.165, 1.54) is 55.6 Å². The van der Waals surface area contributed by atoms with E-state index < -0.39 is 27.6 Å². The van der Waals surface area contributed by atoms with Crippen molar-refractivity contribution < 1.29 is 27.5 Å². The van der Waals surface area contributed by atoms with Gasteiger partial charge in [-0.3, -0.25) is 20.4 Å². The molecule has 0 saturated heterocycles. The maximum atomic E-state index is 12.0. The van der Waals surface area contributed by atoms with Crippen molar-refractivity contribution in [1.82, 2.24) is 10.9 Å². The molecule has 0 radical (unpaired) electrons. The van der Waals surface area contributed by atoms with Crippen LogP contribution in [-0.2, 0) is 14.6 Å². The quantitative estimate of drug-likeness (QED) is 0.606. The average Bonchev–Trinajstić information content (AvgIpc) is 2.64. The molecule has 0 aliphatic heterocycles. The Bertz CT molecular complexity index is 934. The zero-order valence-electron chi connectivity index (χ0n) is 14.0. The van der Waals surface area contributed by atoms with Crippen LogP contribution in [0, 0.1) is 0 Å². The minimum atomic E-state index is -3.35. The Morgan fingerprint density at radius 1 is 0.769 bits per heavy atom. The summed E-state index contributed by atoms with van der Waals surface area (Å²) in [5.74, 6) is -1.71. The molecule has 2 aromatic rings. The Morgan fingerprint density at radius 2 is 1.15 bits per heavy atom. The van der Waals surface area contributed by atoms with E-state index in [4.69, 9.17) is 0 Å².